The molecule has 0 saturated carbocycles. The van der Waals surface area contributed by atoms with Crippen LogP contribution in [0.3, 0.4) is 0 Å². The average Bonchev–Trinajstić information content (AvgIpc) is 1.83. The van der Waals surface area contributed by atoms with Crippen molar-refractivity contribution in [3.63, 3.8) is 0 Å². The Morgan fingerprint density at radius 1 is 1.67 bits per heavy atom. The Labute approximate surface area is 76.7 Å². The van der Waals surface area contributed by atoms with Crippen LogP contribution >= 0.6 is 0 Å². The second-order valence-corrected chi connectivity index (χ2v) is 1.30. The van der Waals surface area contributed by atoms with E-state index in [9.17, 15) is 4.79 Å². The predicted molar refractivity (Wildman–Crippen MR) is 35.5 cm³/mol. The summed E-state index contributed by atoms with van der Waals surface area (Å²) in [6.07, 6.45) is 0.375. The van der Waals surface area contributed by atoms with E-state index in [1.54, 1.807) is 6.92 Å². The summed E-state index contributed by atoms with van der Waals surface area (Å²) in [5.74, 6) is -0.265. The number of hydrogen-bond acceptors (Lipinski definition) is 3. The molecule has 50 valence electrons. The standard InChI is InChI=1S/C5H10O3.Na.H/c1-2-5(7)8-4-3-6;;/h6H,2-4H2,1H3;;. The Morgan fingerprint density at radius 2 is 2.22 bits per heavy atom. The molecular formula is C5H11NaO3. The first-order valence-electron chi connectivity index (χ1n) is 2.57. The van der Waals surface area contributed by atoms with Gasteiger partial charge in [-0.3, -0.25) is 4.79 Å². The zero-order valence-corrected chi connectivity index (χ0v) is 4.89. The van der Waals surface area contributed by atoms with Crippen LogP contribution in [-0.4, -0.2) is 53.8 Å². The second-order valence-electron chi connectivity index (χ2n) is 1.30. The van der Waals surface area contributed by atoms with E-state index in [4.69, 9.17) is 5.11 Å². The number of esters is 1. The molecule has 0 atom stereocenters. The van der Waals surface area contributed by atoms with Crippen LogP contribution < -0.4 is 0 Å². The molecule has 0 aliphatic heterocycles. The fraction of sp³-hybridized carbons (Fsp3) is 0.800. The van der Waals surface area contributed by atoms with Crippen molar-refractivity contribution in [1.29, 1.82) is 0 Å². The van der Waals surface area contributed by atoms with Crippen LogP contribution in [0.5, 0.6) is 0 Å². The first-order chi connectivity index (χ1) is 3.81. The molecule has 0 unspecified atom stereocenters. The monoisotopic (exact) mass is 142 g/mol. The van der Waals surface area contributed by atoms with Crippen LogP contribution in [0.2, 0.25) is 0 Å². The molecule has 1 N–H and O–H groups in total. The molecule has 4 heteroatoms. The van der Waals surface area contributed by atoms with Crippen molar-refractivity contribution in [1.82, 2.24) is 0 Å². The zero-order chi connectivity index (χ0) is 6.41. The SMILES string of the molecule is CCC(=O)OCCO.[NaH]. The third-order valence-corrected chi connectivity index (χ3v) is 0.643. The van der Waals surface area contributed by atoms with E-state index in [2.05, 4.69) is 4.74 Å². The van der Waals surface area contributed by atoms with Crippen LogP contribution in [0, 0.1) is 0 Å². The van der Waals surface area contributed by atoms with Gasteiger partial charge in [-0.25, -0.2) is 0 Å². The van der Waals surface area contributed by atoms with Gasteiger partial charge in [-0.1, -0.05) is 6.92 Å². The third-order valence-electron chi connectivity index (χ3n) is 0.643. The van der Waals surface area contributed by atoms with E-state index in [1.165, 1.54) is 0 Å². The summed E-state index contributed by atoms with van der Waals surface area (Å²) in [5.41, 5.74) is 0. The molecule has 0 radical (unpaired) electrons. The fourth-order valence-electron chi connectivity index (χ4n) is 0.262. The Kier molecular flexibility index (Phi) is 11.4. The van der Waals surface area contributed by atoms with Crippen molar-refractivity contribution < 1.29 is 14.6 Å². The first-order valence-corrected chi connectivity index (χ1v) is 2.57. The Bertz CT molecular complexity index is 74.6. The van der Waals surface area contributed by atoms with Crippen molar-refractivity contribution in [2.24, 2.45) is 0 Å². The molecule has 0 bridgehead atoms. The van der Waals surface area contributed by atoms with Gasteiger partial charge in [0.05, 0.1) is 6.61 Å². The van der Waals surface area contributed by atoms with Gasteiger partial charge in [-0.15, -0.1) is 0 Å². The molecule has 0 aromatic rings. The summed E-state index contributed by atoms with van der Waals surface area (Å²) in [4.78, 5) is 10.2. The molecule has 3 nitrogen and oxygen atoms in total. The molecule has 0 amide bonds. The van der Waals surface area contributed by atoms with Gasteiger partial charge >= 0.3 is 35.5 Å². The molecular weight excluding hydrogens is 131 g/mol. The topological polar surface area (TPSA) is 46.5 Å². The molecule has 0 saturated heterocycles. The van der Waals surface area contributed by atoms with Crippen LogP contribution in [-0.2, 0) is 9.53 Å². The van der Waals surface area contributed by atoms with Crippen molar-refractivity contribution in [3.8, 4) is 0 Å². The Morgan fingerprint density at radius 3 is 2.56 bits per heavy atom. The van der Waals surface area contributed by atoms with Crippen LogP contribution in [0.15, 0.2) is 0 Å². The summed E-state index contributed by atoms with van der Waals surface area (Å²) in [6, 6.07) is 0. The maximum atomic E-state index is 10.2. The van der Waals surface area contributed by atoms with Crippen LogP contribution in [0.25, 0.3) is 0 Å². The number of carbonyl (C=O) groups excluding carboxylic acids is 1. The number of ether oxygens (including phenoxy) is 1. The molecule has 9 heavy (non-hydrogen) atoms. The van der Waals surface area contributed by atoms with Gasteiger partial charge in [0.2, 0.25) is 0 Å². The van der Waals surface area contributed by atoms with E-state index < -0.39 is 0 Å². The van der Waals surface area contributed by atoms with Crippen LogP contribution in [0.1, 0.15) is 13.3 Å². The molecule has 0 aromatic heterocycles. The van der Waals surface area contributed by atoms with Gasteiger partial charge in [0.1, 0.15) is 6.61 Å². The average molecular weight is 142 g/mol. The van der Waals surface area contributed by atoms with Crippen molar-refractivity contribution in [3.05, 3.63) is 0 Å². The number of aliphatic hydroxyl groups excluding tert-OH is 1. The summed E-state index contributed by atoms with van der Waals surface area (Å²) in [7, 11) is 0. The van der Waals surface area contributed by atoms with E-state index in [1.807, 2.05) is 0 Å². The van der Waals surface area contributed by atoms with Gasteiger partial charge in [0.15, 0.2) is 0 Å². The normalized spacial score (nSPS) is 7.78. The van der Waals surface area contributed by atoms with E-state index >= 15 is 0 Å². The van der Waals surface area contributed by atoms with Gasteiger partial charge < -0.3 is 9.84 Å². The van der Waals surface area contributed by atoms with Crippen molar-refractivity contribution in [2.75, 3.05) is 13.2 Å². The number of carbonyl (C=O) groups is 1. The van der Waals surface area contributed by atoms with Gasteiger partial charge in [0, 0.05) is 6.42 Å². The third kappa shape index (κ3) is 8.43. The minimum absolute atomic E-state index is 0. The Balaban J connectivity index is 0. The predicted octanol–water partition coefficient (Wildman–Crippen LogP) is -0.717. The molecule has 0 fully saturated rings. The Hall–Kier alpha value is 0.430. The number of rotatable bonds is 3. The first kappa shape index (κ1) is 12.1. The van der Waals surface area contributed by atoms with Gasteiger partial charge in [-0.05, 0) is 0 Å². The molecule has 0 aliphatic carbocycles. The number of hydrogen-bond donors (Lipinski definition) is 1. The minimum atomic E-state index is -0.265. The van der Waals surface area contributed by atoms with Crippen molar-refractivity contribution in [2.45, 2.75) is 13.3 Å². The van der Waals surface area contributed by atoms with Crippen molar-refractivity contribution >= 4 is 35.5 Å². The summed E-state index contributed by atoms with van der Waals surface area (Å²) in [5, 5.41) is 8.13. The van der Waals surface area contributed by atoms with Gasteiger partial charge in [0.25, 0.3) is 0 Å². The summed E-state index contributed by atoms with van der Waals surface area (Å²) >= 11 is 0. The van der Waals surface area contributed by atoms with E-state index in [0.29, 0.717) is 6.42 Å². The molecule has 0 heterocycles. The van der Waals surface area contributed by atoms with Gasteiger partial charge in [-0.2, -0.15) is 0 Å². The maximum absolute atomic E-state index is 10.2. The second kappa shape index (κ2) is 8.43. The summed E-state index contributed by atoms with van der Waals surface area (Å²) < 4.78 is 4.45. The molecule has 0 rings (SSSR count). The molecule has 0 spiro atoms. The molecule has 0 aliphatic rings. The number of aliphatic hydroxyl groups is 1. The van der Waals surface area contributed by atoms with E-state index in [0.717, 1.165) is 0 Å². The molecule has 0 aromatic carbocycles. The summed E-state index contributed by atoms with van der Waals surface area (Å²) in [6.45, 7) is 1.73. The van der Waals surface area contributed by atoms with Crippen LogP contribution in [0.4, 0.5) is 0 Å². The zero-order valence-electron chi connectivity index (χ0n) is 4.89. The quantitative estimate of drug-likeness (QED) is 0.418. The van der Waals surface area contributed by atoms with E-state index in [-0.39, 0.29) is 48.7 Å². The fourth-order valence-corrected chi connectivity index (χ4v) is 0.262.